The number of aliphatic hydroxyl groups is 1. The number of ether oxygens (including phenoxy) is 1. The van der Waals surface area contributed by atoms with Crippen molar-refractivity contribution >= 4 is 23.1 Å². The molecule has 1 atom stereocenters. The number of Topliss-reactive ketones (excluding diaryl/α,β-unsaturated/α-hetero) is 1. The SMILES string of the molecule is COc1ccc(/C(O)=C2\C(=O)C(=O)N(c3ccc(C#N)cc3)C2c2ccccc2C)cc1C(C)C. The maximum atomic E-state index is 13.4. The molecule has 1 fully saturated rings. The lowest BCUT2D eigenvalue weighted by molar-refractivity contribution is -0.132. The molecule has 1 amide bonds. The summed E-state index contributed by atoms with van der Waals surface area (Å²) < 4.78 is 5.46. The van der Waals surface area contributed by atoms with Gasteiger partial charge in [0.05, 0.1) is 30.4 Å². The zero-order valence-corrected chi connectivity index (χ0v) is 20.1. The monoisotopic (exact) mass is 466 g/mol. The van der Waals surface area contributed by atoms with Crippen LogP contribution in [-0.4, -0.2) is 23.9 Å². The zero-order chi connectivity index (χ0) is 25.3. The number of aliphatic hydroxyl groups excluding tert-OH is 1. The van der Waals surface area contributed by atoms with Gasteiger partial charge in [-0.25, -0.2) is 0 Å². The minimum atomic E-state index is -0.825. The van der Waals surface area contributed by atoms with E-state index in [9.17, 15) is 14.7 Å². The molecule has 1 aliphatic rings. The van der Waals surface area contributed by atoms with E-state index in [4.69, 9.17) is 10.00 Å². The Kier molecular flexibility index (Phi) is 6.44. The molecule has 0 saturated carbocycles. The van der Waals surface area contributed by atoms with Crippen LogP contribution in [0.3, 0.4) is 0 Å². The van der Waals surface area contributed by atoms with E-state index in [1.165, 1.54) is 4.90 Å². The number of ketones is 1. The third-order valence-electron chi connectivity index (χ3n) is 6.33. The number of benzene rings is 3. The van der Waals surface area contributed by atoms with E-state index in [0.29, 0.717) is 22.6 Å². The predicted molar refractivity (Wildman–Crippen MR) is 134 cm³/mol. The molecular weight excluding hydrogens is 440 g/mol. The largest absolute Gasteiger partial charge is 0.507 e. The van der Waals surface area contributed by atoms with Gasteiger partial charge in [-0.2, -0.15) is 5.26 Å². The van der Waals surface area contributed by atoms with Crippen LogP contribution < -0.4 is 9.64 Å². The van der Waals surface area contributed by atoms with Gasteiger partial charge in [0, 0.05) is 11.3 Å². The van der Waals surface area contributed by atoms with Gasteiger partial charge >= 0.3 is 0 Å². The van der Waals surface area contributed by atoms with E-state index < -0.39 is 17.7 Å². The van der Waals surface area contributed by atoms with E-state index >= 15 is 0 Å². The summed E-state index contributed by atoms with van der Waals surface area (Å²) in [6.45, 7) is 5.93. The van der Waals surface area contributed by atoms with Crippen molar-refractivity contribution in [3.05, 3.63) is 100 Å². The Morgan fingerprint density at radius 3 is 2.34 bits per heavy atom. The number of rotatable bonds is 5. The van der Waals surface area contributed by atoms with Gasteiger partial charge in [-0.3, -0.25) is 14.5 Å². The molecular formula is C29H26N2O4. The molecule has 0 spiro atoms. The molecule has 4 rings (SSSR count). The molecule has 1 heterocycles. The van der Waals surface area contributed by atoms with Crippen LogP contribution in [-0.2, 0) is 9.59 Å². The van der Waals surface area contributed by atoms with E-state index in [-0.39, 0.29) is 17.3 Å². The van der Waals surface area contributed by atoms with Gasteiger partial charge in [-0.05, 0) is 72.0 Å². The first-order valence-electron chi connectivity index (χ1n) is 11.3. The molecule has 35 heavy (non-hydrogen) atoms. The fourth-order valence-electron chi connectivity index (χ4n) is 4.47. The third-order valence-corrected chi connectivity index (χ3v) is 6.33. The lowest BCUT2D eigenvalue weighted by atomic mass is 9.91. The van der Waals surface area contributed by atoms with Crippen molar-refractivity contribution in [3.63, 3.8) is 0 Å². The zero-order valence-electron chi connectivity index (χ0n) is 20.1. The highest BCUT2D eigenvalue weighted by atomic mass is 16.5. The number of nitrogens with zero attached hydrogens (tertiary/aromatic N) is 2. The molecule has 1 unspecified atom stereocenters. The van der Waals surface area contributed by atoms with Gasteiger partial charge < -0.3 is 9.84 Å². The third kappa shape index (κ3) is 4.17. The Bertz CT molecular complexity index is 1380. The van der Waals surface area contributed by atoms with Crippen LogP contribution in [0.2, 0.25) is 0 Å². The van der Waals surface area contributed by atoms with Crippen LogP contribution in [0.5, 0.6) is 5.75 Å². The van der Waals surface area contributed by atoms with Gasteiger partial charge in [0.2, 0.25) is 0 Å². The van der Waals surface area contributed by atoms with E-state index in [2.05, 4.69) is 6.07 Å². The average Bonchev–Trinajstić information content (AvgIpc) is 3.13. The summed E-state index contributed by atoms with van der Waals surface area (Å²) in [5, 5.41) is 20.6. The normalized spacial score (nSPS) is 17.0. The molecule has 0 aromatic heterocycles. The molecule has 3 aromatic rings. The summed E-state index contributed by atoms with van der Waals surface area (Å²) in [5.41, 5.74) is 3.86. The molecule has 1 saturated heterocycles. The summed E-state index contributed by atoms with van der Waals surface area (Å²) in [6.07, 6.45) is 0. The highest BCUT2D eigenvalue weighted by Crippen LogP contribution is 2.43. The van der Waals surface area contributed by atoms with Crippen LogP contribution in [0.25, 0.3) is 5.76 Å². The van der Waals surface area contributed by atoms with Gasteiger partial charge in [0.15, 0.2) is 0 Å². The molecule has 6 nitrogen and oxygen atoms in total. The van der Waals surface area contributed by atoms with Crippen molar-refractivity contribution in [2.45, 2.75) is 32.7 Å². The Morgan fingerprint density at radius 2 is 1.74 bits per heavy atom. The lowest BCUT2D eigenvalue weighted by Gasteiger charge is -2.26. The van der Waals surface area contributed by atoms with Crippen LogP contribution in [0, 0.1) is 18.3 Å². The fourth-order valence-corrected chi connectivity index (χ4v) is 4.47. The second-order valence-electron chi connectivity index (χ2n) is 8.80. The molecule has 6 heteroatoms. The average molecular weight is 467 g/mol. The molecule has 0 aliphatic carbocycles. The van der Waals surface area contributed by atoms with Crippen LogP contribution in [0.15, 0.2) is 72.3 Å². The second kappa shape index (κ2) is 9.47. The van der Waals surface area contributed by atoms with Crippen molar-refractivity contribution < 1.29 is 19.4 Å². The maximum Gasteiger partial charge on any atom is 0.300 e. The summed E-state index contributed by atoms with van der Waals surface area (Å²) in [6, 6.07) is 20.4. The molecule has 1 aliphatic heterocycles. The number of aryl methyl sites for hydroxylation is 1. The topological polar surface area (TPSA) is 90.6 Å². The van der Waals surface area contributed by atoms with Gasteiger partial charge in [0.1, 0.15) is 11.5 Å². The fraction of sp³-hybridized carbons (Fsp3) is 0.207. The minimum Gasteiger partial charge on any atom is -0.507 e. The highest BCUT2D eigenvalue weighted by molar-refractivity contribution is 6.51. The number of methoxy groups -OCH3 is 1. The number of hydrogen-bond donors (Lipinski definition) is 1. The molecule has 0 bridgehead atoms. The Morgan fingerprint density at radius 1 is 1.06 bits per heavy atom. The Hall–Kier alpha value is -4.37. The van der Waals surface area contributed by atoms with Gasteiger partial charge in [-0.15, -0.1) is 0 Å². The Labute approximate surface area is 204 Å². The van der Waals surface area contributed by atoms with Gasteiger partial charge in [-0.1, -0.05) is 38.1 Å². The van der Waals surface area contributed by atoms with Crippen molar-refractivity contribution in [2.24, 2.45) is 0 Å². The summed E-state index contributed by atoms with van der Waals surface area (Å²) in [4.78, 5) is 28.1. The van der Waals surface area contributed by atoms with Crippen molar-refractivity contribution in [1.82, 2.24) is 0 Å². The first-order chi connectivity index (χ1) is 16.8. The number of anilines is 1. The molecule has 0 radical (unpaired) electrons. The highest BCUT2D eigenvalue weighted by Gasteiger charge is 2.47. The van der Waals surface area contributed by atoms with Crippen LogP contribution >= 0.6 is 0 Å². The van der Waals surface area contributed by atoms with Crippen LogP contribution in [0.4, 0.5) is 5.69 Å². The van der Waals surface area contributed by atoms with Gasteiger partial charge in [0.25, 0.3) is 11.7 Å². The lowest BCUT2D eigenvalue weighted by Crippen LogP contribution is -2.29. The Balaban J connectivity index is 1.96. The first kappa shape index (κ1) is 23.8. The maximum absolute atomic E-state index is 13.4. The first-order valence-corrected chi connectivity index (χ1v) is 11.3. The minimum absolute atomic E-state index is 0.0218. The molecule has 3 aromatic carbocycles. The smallest absolute Gasteiger partial charge is 0.300 e. The quantitative estimate of drug-likeness (QED) is 0.299. The summed E-state index contributed by atoms with van der Waals surface area (Å²) in [5.74, 6) is -0.933. The standard InChI is InChI=1S/C29H26N2O4/c1-17(2)23-15-20(11-14-24(23)35-4)27(32)25-26(22-8-6-5-7-18(22)3)31(29(34)28(25)33)21-12-9-19(16-30)10-13-21/h5-15,17,26,32H,1-4H3/b27-25+. The number of amides is 1. The van der Waals surface area contributed by atoms with Crippen LogP contribution in [0.1, 0.15) is 53.6 Å². The van der Waals surface area contributed by atoms with E-state index in [1.54, 1.807) is 49.6 Å². The number of nitriles is 1. The molecule has 176 valence electrons. The number of hydrogen-bond acceptors (Lipinski definition) is 5. The number of carbonyl (C=O) groups excluding carboxylic acids is 2. The van der Waals surface area contributed by atoms with E-state index in [0.717, 1.165) is 16.7 Å². The second-order valence-corrected chi connectivity index (χ2v) is 8.80. The van der Waals surface area contributed by atoms with Crippen molar-refractivity contribution in [2.75, 3.05) is 12.0 Å². The predicted octanol–water partition coefficient (Wildman–Crippen LogP) is 5.63. The number of carbonyl (C=O) groups is 2. The molecule has 1 N–H and O–H groups in total. The van der Waals surface area contributed by atoms with Crippen molar-refractivity contribution in [1.29, 1.82) is 5.26 Å². The summed E-state index contributed by atoms with van der Waals surface area (Å²) >= 11 is 0. The van der Waals surface area contributed by atoms with E-state index in [1.807, 2.05) is 45.0 Å². The summed E-state index contributed by atoms with van der Waals surface area (Å²) in [7, 11) is 1.59. The van der Waals surface area contributed by atoms with Crippen molar-refractivity contribution in [3.8, 4) is 11.8 Å².